The van der Waals surface area contributed by atoms with E-state index in [1.807, 2.05) is 31.2 Å². The zero-order valence-corrected chi connectivity index (χ0v) is 13.5. The summed E-state index contributed by atoms with van der Waals surface area (Å²) in [5.41, 5.74) is 2.64. The van der Waals surface area contributed by atoms with Crippen LogP contribution in [0.3, 0.4) is 0 Å². The van der Waals surface area contributed by atoms with E-state index in [4.69, 9.17) is 4.74 Å². The first-order chi connectivity index (χ1) is 11.1. The van der Waals surface area contributed by atoms with Gasteiger partial charge < -0.3 is 4.74 Å². The molecule has 0 bridgehead atoms. The predicted octanol–water partition coefficient (Wildman–Crippen LogP) is 3.78. The van der Waals surface area contributed by atoms with E-state index in [0.717, 1.165) is 27.7 Å². The Hall–Kier alpha value is -2.88. The van der Waals surface area contributed by atoms with Crippen LogP contribution in [0.4, 0.5) is 0 Å². The van der Waals surface area contributed by atoms with Gasteiger partial charge in [-0.15, -0.1) is 12.6 Å². The van der Waals surface area contributed by atoms with E-state index >= 15 is 0 Å². The van der Waals surface area contributed by atoms with E-state index in [-0.39, 0.29) is 0 Å². The predicted molar refractivity (Wildman–Crippen MR) is 94.5 cm³/mol. The number of benzene rings is 2. The zero-order chi connectivity index (χ0) is 16.7. The molecule has 0 aromatic heterocycles. The Morgan fingerprint density at radius 2 is 1.83 bits per heavy atom. The van der Waals surface area contributed by atoms with Gasteiger partial charge in [-0.3, -0.25) is 0 Å². The van der Waals surface area contributed by atoms with Gasteiger partial charge >= 0.3 is 5.97 Å². The molecule has 0 spiro atoms. The lowest BCUT2D eigenvalue weighted by Gasteiger charge is -2.03. The van der Waals surface area contributed by atoms with Crippen molar-refractivity contribution in [2.45, 2.75) is 11.8 Å². The molecule has 0 aliphatic carbocycles. The highest BCUT2D eigenvalue weighted by Gasteiger charge is 2.02. The summed E-state index contributed by atoms with van der Waals surface area (Å²) in [6.45, 7) is 5.26. The highest BCUT2D eigenvalue weighted by molar-refractivity contribution is 7.80. The zero-order valence-electron chi connectivity index (χ0n) is 12.6. The Bertz CT molecular complexity index is 856. The van der Waals surface area contributed by atoms with Gasteiger partial charge in [-0.05, 0) is 66.8 Å². The Balaban J connectivity index is 2.11. The van der Waals surface area contributed by atoms with Crippen molar-refractivity contribution in [1.29, 1.82) is 0 Å². The molecular formula is C20H14O2S. The van der Waals surface area contributed by atoms with Gasteiger partial charge in [-0.25, -0.2) is 4.79 Å². The van der Waals surface area contributed by atoms with Crippen molar-refractivity contribution < 1.29 is 9.53 Å². The standard InChI is InChI=1S/C20H14O2S/c1-3-20(21)22-18-11-10-17(15(2)14-18)7-5-4-6-16-8-12-19(23)13-9-16/h3,8-14,23H,1H2,2H3. The number of rotatable bonds is 2. The van der Waals surface area contributed by atoms with Gasteiger partial charge in [0.1, 0.15) is 5.75 Å². The minimum Gasteiger partial charge on any atom is -0.423 e. The van der Waals surface area contributed by atoms with Crippen molar-refractivity contribution in [3.8, 4) is 29.4 Å². The van der Waals surface area contributed by atoms with E-state index in [2.05, 4.69) is 42.9 Å². The third kappa shape index (κ3) is 5.11. The van der Waals surface area contributed by atoms with E-state index < -0.39 is 5.97 Å². The quantitative estimate of drug-likeness (QED) is 0.300. The van der Waals surface area contributed by atoms with Crippen molar-refractivity contribution in [3.63, 3.8) is 0 Å². The summed E-state index contributed by atoms with van der Waals surface area (Å²) in [5, 5.41) is 0. The molecule has 2 nitrogen and oxygen atoms in total. The van der Waals surface area contributed by atoms with Crippen molar-refractivity contribution in [2.24, 2.45) is 0 Å². The largest absolute Gasteiger partial charge is 0.423 e. The van der Waals surface area contributed by atoms with Gasteiger partial charge in [0.05, 0.1) is 0 Å². The number of esters is 1. The van der Waals surface area contributed by atoms with E-state index in [1.165, 1.54) is 0 Å². The van der Waals surface area contributed by atoms with Crippen LogP contribution in [-0.2, 0) is 4.79 Å². The molecule has 3 heteroatoms. The summed E-state index contributed by atoms with van der Waals surface area (Å²) < 4.78 is 5.05. The maximum Gasteiger partial charge on any atom is 0.335 e. The number of hydrogen-bond donors (Lipinski definition) is 1. The molecule has 2 aromatic carbocycles. The average Bonchev–Trinajstić information content (AvgIpc) is 2.54. The number of carbonyl (C=O) groups is 1. The number of hydrogen-bond acceptors (Lipinski definition) is 3. The van der Waals surface area contributed by atoms with Crippen molar-refractivity contribution in [2.75, 3.05) is 0 Å². The minimum atomic E-state index is -0.485. The number of ether oxygens (including phenoxy) is 1. The highest BCUT2D eigenvalue weighted by Crippen LogP contribution is 2.16. The topological polar surface area (TPSA) is 26.3 Å². The summed E-state index contributed by atoms with van der Waals surface area (Å²) >= 11 is 4.22. The third-order valence-corrected chi connectivity index (χ3v) is 3.21. The first-order valence-electron chi connectivity index (χ1n) is 6.84. The van der Waals surface area contributed by atoms with Gasteiger partial charge in [-0.2, -0.15) is 0 Å². The number of carbonyl (C=O) groups excluding carboxylic acids is 1. The SMILES string of the molecule is C=CC(=O)Oc1ccc(C#CC#Cc2ccc(S)cc2)c(C)c1. The maximum atomic E-state index is 11.2. The van der Waals surface area contributed by atoms with Gasteiger partial charge in [0.15, 0.2) is 0 Å². The molecule has 0 unspecified atom stereocenters. The minimum absolute atomic E-state index is 0.468. The van der Waals surface area contributed by atoms with Crippen molar-refractivity contribution >= 4 is 18.6 Å². The van der Waals surface area contributed by atoms with Crippen molar-refractivity contribution in [3.05, 3.63) is 71.8 Å². The monoisotopic (exact) mass is 318 g/mol. The molecule has 2 rings (SSSR count). The van der Waals surface area contributed by atoms with Gasteiger partial charge in [0.25, 0.3) is 0 Å². The second kappa shape index (κ2) is 7.94. The summed E-state index contributed by atoms with van der Waals surface area (Å²) in [7, 11) is 0. The fraction of sp³-hybridized carbons (Fsp3) is 0.0500. The molecule has 2 aromatic rings. The van der Waals surface area contributed by atoms with Crippen LogP contribution in [0, 0.1) is 30.6 Å². The molecule has 0 amide bonds. The highest BCUT2D eigenvalue weighted by atomic mass is 32.1. The molecule has 23 heavy (non-hydrogen) atoms. The van der Waals surface area contributed by atoms with Crippen LogP contribution in [0.25, 0.3) is 0 Å². The second-order valence-corrected chi connectivity index (χ2v) is 5.17. The molecule has 0 saturated heterocycles. The lowest BCUT2D eigenvalue weighted by atomic mass is 10.1. The number of thiol groups is 1. The smallest absolute Gasteiger partial charge is 0.335 e. The molecular weight excluding hydrogens is 304 g/mol. The van der Waals surface area contributed by atoms with Crippen molar-refractivity contribution in [1.82, 2.24) is 0 Å². The third-order valence-electron chi connectivity index (χ3n) is 2.92. The fourth-order valence-corrected chi connectivity index (χ4v) is 1.89. The normalized spacial score (nSPS) is 8.96. The Kier molecular flexibility index (Phi) is 5.69. The Morgan fingerprint density at radius 3 is 2.48 bits per heavy atom. The van der Waals surface area contributed by atoms with Crippen LogP contribution < -0.4 is 4.74 Å². The van der Waals surface area contributed by atoms with Gasteiger partial charge in [-0.1, -0.05) is 18.4 Å². The molecule has 0 heterocycles. The van der Waals surface area contributed by atoms with Crippen LogP contribution in [0.1, 0.15) is 16.7 Å². The summed E-state index contributed by atoms with van der Waals surface area (Å²) in [6.07, 6.45) is 1.12. The molecule has 0 radical (unpaired) electrons. The molecule has 0 fully saturated rings. The average molecular weight is 318 g/mol. The molecule has 0 aliphatic heterocycles. The first kappa shape index (κ1) is 16.5. The molecule has 112 valence electrons. The van der Waals surface area contributed by atoms with Gasteiger partial charge in [0.2, 0.25) is 0 Å². The number of aryl methyl sites for hydroxylation is 1. The van der Waals surface area contributed by atoms with E-state index in [1.54, 1.807) is 18.2 Å². The van der Waals surface area contributed by atoms with Gasteiger partial charge in [0, 0.05) is 22.1 Å². The maximum absolute atomic E-state index is 11.2. The summed E-state index contributed by atoms with van der Waals surface area (Å²) in [4.78, 5) is 12.1. The first-order valence-corrected chi connectivity index (χ1v) is 7.29. The lowest BCUT2D eigenvalue weighted by molar-refractivity contribution is -0.128. The van der Waals surface area contributed by atoms with Crippen LogP contribution >= 0.6 is 12.6 Å². The van der Waals surface area contributed by atoms with E-state index in [0.29, 0.717) is 5.75 Å². The molecule has 0 aliphatic rings. The lowest BCUT2D eigenvalue weighted by Crippen LogP contribution is -2.03. The second-order valence-electron chi connectivity index (χ2n) is 4.65. The molecule has 0 saturated carbocycles. The fourth-order valence-electron chi connectivity index (χ4n) is 1.74. The summed E-state index contributed by atoms with van der Waals surface area (Å²) in [5.74, 6) is 11.6. The molecule has 0 N–H and O–H groups in total. The molecule has 0 atom stereocenters. The van der Waals surface area contributed by atoms with Crippen LogP contribution in [-0.4, -0.2) is 5.97 Å². The summed E-state index contributed by atoms with van der Waals surface area (Å²) in [6, 6.07) is 12.8. The van der Waals surface area contributed by atoms with Crippen LogP contribution in [0.2, 0.25) is 0 Å². The van der Waals surface area contributed by atoms with Crippen LogP contribution in [0.5, 0.6) is 5.75 Å². The van der Waals surface area contributed by atoms with Crippen LogP contribution in [0.15, 0.2) is 60.0 Å². The Labute approximate surface area is 141 Å². The van der Waals surface area contributed by atoms with E-state index in [9.17, 15) is 4.79 Å². The Morgan fingerprint density at radius 1 is 1.13 bits per heavy atom.